The largest absolute Gasteiger partial charge is 0.492 e. The lowest BCUT2D eigenvalue weighted by molar-refractivity contribution is 0.172. The number of hydrogen-bond acceptors (Lipinski definition) is 4. The average molecular weight is 365 g/mol. The minimum absolute atomic E-state index is 0.467. The lowest BCUT2D eigenvalue weighted by Crippen LogP contribution is -2.26. The molecule has 0 saturated heterocycles. The van der Waals surface area contributed by atoms with Crippen LogP contribution in [0.4, 0.5) is 5.69 Å². The molecule has 5 heteroatoms. The summed E-state index contributed by atoms with van der Waals surface area (Å²) in [6, 6.07) is 13.7. The van der Waals surface area contributed by atoms with Gasteiger partial charge in [-0.05, 0) is 61.1 Å². The van der Waals surface area contributed by atoms with E-state index in [1.54, 1.807) is 6.07 Å². The third kappa shape index (κ3) is 4.10. The van der Waals surface area contributed by atoms with Crippen LogP contribution in [-0.4, -0.2) is 29.8 Å². The number of aliphatic hydroxyl groups is 1. The molecule has 0 saturated carbocycles. The molecule has 5 N–H and O–H groups in total. The summed E-state index contributed by atoms with van der Waals surface area (Å²) in [7, 11) is 0. The van der Waals surface area contributed by atoms with Crippen molar-refractivity contribution in [2.24, 2.45) is 0 Å². The fraction of sp³-hybridized carbons (Fsp3) is 0.364. The number of aromatic nitrogens is 1. The van der Waals surface area contributed by atoms with E-state index in [0.29, 0.717) is 25.4 Å². The van der Waals surface area contributed by atoms with Gasteiger partial charge in [0, 0.05) is 41.4 Å². The highest BCUT2D eigenvalue weighted by Gasteiger charge is 2.15. The van der Waals surface area contributed by atoms with Crippen LogP contribution in [0.2, 0.25) is 0 Å². The molecule has 142 valence electrons. The normalized spacial score (nSPS) is 14.9. The Morgan fingerprint density at radius 2 is 2.04 bits per heavy atom. The maximum atomic E-state index is 10.2. The van der Waals surface area contributed by atoms with E-state index in [9.17, 15) is 5.11 Å². The molecule has 0 bridgehead atoms. The third-order valence-electron chi connectivity index (χ3n) is 5.25. The minimum Gasteiger partial charge on any atom is -0.492 e. The summed E-state index contributed by atoms with van der Waals surface area (Å²) >= 11 is 0. The molecule has 2 aromatic carbocycles. The third-order valence-corrected chi connectivity index (χ3v) is 5.25. The van der Waals surface area contributed by atoms with Gasteiger partial charge in [0.05, 0.1) is 6.10 Å². The van der Waals surface area contributed by atoms with Crippen molar-refractivity contribution in [1.82, 2.24) is 10.3 Å². The van der Waals surface area contributed by atoms with Crippen LogP contribution in [0.5, 0.6) is 5.75 Å². The molecule has 0 aliphatic heterocycles. The van der Waals surface area contributed by atoms with E-state index < -0.39 is 6.10 Å². The van der Waals surface area contributed by atoms with Gasteiger partial charge in [-0.1, -0.05) is 12.1 Å². The maximum absolute atomic E-state index is 10.2. The van der Waals surface area contributed by atoms with E-state index in [1.807, 2.05) is 24.3 Å². The zero-order chi connectivity index (χ0) is 18.6. The van der Waals surface area contributed by atoms with Gasteiger partial charge in [0.15, 0.2) is 0 Å². The Morgan fingerprint density at radius 3 is 2.93 bits per heavy atom. The first-order chi connectivity index (χ1) is 13.2. The number of fused-ring (bicyclic) bond motifs is 3. The monoisotopic (exact) mass is 365 g/mol. The van der Waals surface area contributed by atoms with Crippen LogP contribution in [0.1, 0.15) is 35.8 Å². The van der Waals surface area contributed by atoms with Gasteiger partial charge in [0.2, 0.25) is 0 Å². The number of hydrogen-bond donors (Lipinski definition) is 4. The van der Waals surface area contributed by atoms with Crippen molar-refractivity contribution in [1.29, 1.82) is 0 Å². The van der Waals surface area contributed by atoms with Crippen LogP contribution in [0.25, 0.3) is 10.9 Å². The molecular weight excluding hydrogens is 338 g/mol. The van der Waals surface area contributed by atoms with Gasteiger partial charge in [-0.2, -0.15) is 0 Å². The van der Waals surface area contributed by atoms with E-state index in [2.05, 4.69) is 22.4 Å². The van der Waals surface area contributed by atoms with Gasteiger partial charge in [0.25, 0.3) is 0 Å². The first kappa shape index (κ1) is 17.9. The van der Waals surface area contributed by atoms with E-state index in [4.69, 9.17) is 10.5 Å². The van der Waals surface area contributed by atoms with Crippen LogP contribution in [-0.2, 0) is 12.8 Å². The number of aryl methyl sites for hydroxylation is 2. The standard InChI is InChI=1S/C22H27N3O2/c23-16-5-3-4-15(12-16)22(26)14-24-10-11-27-17-8-9-19-18-6-1-2-7-20(18)25-21(19)13-17/h3-5,8-9,12-13,22,24-26H,1-2,6-7,10-11,14,23H2. The number of benzene rings is 2. The highest BCUT2D eigenvalue weighted by atomic mass is 16.5. The Labute approximate surface area is 159 Å². The summed E-state index contributed by atoms with van der Waals surface area (Å²) < 4.78 is 5.87. The predicted octanol–water partition coefficient (Wildman–Crippen LogP) is 3.33. The summed E-state index contributed by atoms with van der Waals surface area (Å²) in [6.45, 7) is 1.68. The zero-order valence-corrected chi connectivity index (χ0v) is 15.5. The van der Waals surface area contributed by atoms with Crippen molar-refractivity contribution in [3.05, 3.63) is 59.3 Å². The molecule has 0 fully saturated rings. The van der Waals surface area contributed by atoms with Crippen LogP contribution in [0.15, 0.2) is 42.5 Å². The van der Waals surface area contributed by atoms with Crippen molar-refractivity contribution in [3.8, 4) is 5.75 Å². The van der Waals surface area contributed by atoms with E-state index >= 15 is 0 Å². The van der Waals surface area contributed by atoms with Gasteiger partial charge in [-0.25, -0.2) is 0 Å². The first-order valence-electron chi connectivity index (χ1n) is 9.71. The molecule has 1 aliphatic rings. The van der Waals surface area contributed by atoms with Gasteiger partial charge in [0.1, 0.15) is 12.4 Å². The van der Waals surface area contributed by atoms with Crippen molar-refractivity contribution in [2.75, 3.05) is 25.4 Å². The lowest BCUT2D eigenvalue weighted by Gasteiger charge is -2.13. The molecule has 4 rings (SSSR count). The number of anilines is 1. The van der Waals surface area contributed by atoms with Gasteiger partial charge in [-0.3, -0.25) is 0 Å². The summed E-state index contributed by atoms with van der Waals surface area (Å²) in [4.78, 5) is 3.56. The molecule has 1 aliphatic carbocycles. The molecule has 1 atom stereocenters. The summed E-state index contributed by atoms with van der Waals surface area (Å²) in [6.07, 6.45) is 4.31. The second-order valence-electron chi connectivity index (χ2n) is 7.24. The molecule has 1 unspecified atom stereocenters. The van der Waals surface area contributed by atoms with Crippen molar-refractivity contribution in [3.63, 3.8) is 0 Å². The van der Waals surface area contributed by atoms with Crippen LogP contribution in [0.3, 0.4) is 0 Å². The van der Waals surface area contributed by atoms with E-state index in [0.717, 1.165) is 17.7 Å². The number of H-pyrrole nitrogens is 1. The first-order valence-corrected chi connectivity index (χ1v) is 9.71. The number of rotatable bonds is 7. The van der Waals surface area contributed by atoms with Crippen molar-refractivity contribution in [2.45, 2.75) is 31.8 Å². The topological polar surface area (TPSA) is 83.3 Å². The second kappa shape index (κ2) is 8.03. The molecule has 0 amide bonds. The number of aromatic amines is 1. The smallest absolute Gasteiger partial charge is 0.121 e. The number of ether oxygens (including phenoxy) is 1. The molecule has 3 aromatic rings. The molecule has 1 heterocycles. The Kier molecular flexibility index (Phi) is 5.32. The van der Waals surface area contributed by atoms with Gasteiger partial charge >= 0.3 is 0 Å². The predicted molar refractivity (Wildman–Crippen MR) is 109 cm³/mol. The minimum atomic E-state index is -0.574. The molecule has 0 radical (unpaired) electrons. The highest BCUT2D eigenvalue weighted by molar-refractivity contribution is 5.86. The number of aliphatic hydroxyl groups excluding tert-OH is 1. The zero-order valence-electron chi connectivity index (χ0n) is 15.5. The Morgan fingerprint density at radius 1 is 1.15 bits per heavy atom. The number of nitrogen functional groups attached to an aromatic ring is 1. The Balaban J connectivity index is 1.27. The number of nitrogens with one attached hydrogen (secondary N) is 2. The quantitative estimate of drug-likeness (QED) is 0.382. The summed E-state index contributed by atoms with van der Waals surface area (Å²) in [5, 5.41) is 14.8. The van der Waals surface area contributed by atoms with Gasteiger partial charge in [-0.15, -0.1) is 0 Å². The highest BCUT2D eigenvalue weighted by Crippen LogP contribution is 2.31. The Bertz CT molecular complexity index is 919. The molecule has 27 heavy (non-hydrogen) atoms. The van der Waals surface area contributed by atoms with Crippen molar-refractivity contribution < 1.29 is 9.84 Å². The second-order valence-corrected chi connectivity index (χ2v) is 7.24. The molecular formula is C22H27N3O2. The summed E-state index contributed by atoms with van der Waals surface area (Å²) in [5.41, 5.74) is 11.3. The maximum Gasteiger partial charge on any atom is 0.121 e. The molecule has 5 nitrogen and oxygen atoms in total. The fourth-order valence-corrected chi connectivity index (χ4v) is 3.85. The molecule has 0 spiro atoms. The number of nitrogens with two attached hydrogens (primary N) is 1. The average Bonchev–Trinajstić information content (AvgIpc) is 3.05. The SMILES string of the molecule is Nc1cccc(C(O)CNCCOc2ccc3c4c([nH]c3c2)CCCC4)c1. The van der Waals surface area contributed by atoms with Crippen LogP contribution >= 0.6 is 0 Å². The van der Waals surface area contributed by atoms with Gasteiger partial charge < -0.3 is 25.9 Å². The molecule has 1 aromatic heterocycles. The van der Waals surface area contributed by atoms with Crippen LogP contribution in [0, 0.1) is 0 Å². The van der Waals surface area contributed by atoms with Crippen LogP contribution < -0.4 is 15.8 Å². The van der Waals surface area contributed by atoms with E-state index in [-0.39, 0.29) is 0 Å². The fourth-order valence-electron chi connectivity index (χ4n) is 3.85. The van der Waals surface area contributed by atoms with E-state index in [1.165, 1.54) is 41.4 Å². The van der Waals surface area contributed by atoms with Crippen molar-refractivity contribution >= 4 is 16.6 Å². The lowest BCUT2D eigenvalue weighted by atomic mass is 9.96. The summed E-state index contributed by atoms with van der Waals surface area (Å²) in [5.74, 6) is 0.874. The Hall–Kier alpha value is -2.50.